The first-order valence-electron chi connectivity index (χ1n) is 7.94. The van der Waals surface area contributed by atoms with Gasteiger partial charge in [-0.3, -0.25) is 4.79 Å². The fourth-order valence-corrected chi connectivity index (χ4v) is 3.78. The van der Waals surface area contributed by atoms with E-state index < -0.39 is 0 Å². The minimum atomic E-state index is -0.0299. The second-order valence-electron chi connectivity index (χ2n) is 5.66. The summed E-state index contributed by atoms with van der Waals surface area (Å²) in [5.74, 6) is 1.78. The van der Waals surface area contributed by atoms with Crippen molar-refractivity contribution in [1.29, 1.82) is 0 Å². The lowest BCUT2D eigenvalue weighted by atomic mass is 10.1. The summed E-state index contributed by atoms with van der Waals surface area (Å²) in [5, 5.41) is 4.11. The number of hydrogen-bond acceptors (Lipinski definition) is 3. The van der Waals surface area contributed by atoms with Gasteiger partial charge in [-0.25, -0.2) is 0 Å². The summed E-state index contributed by atoms with van der Waals surface area (Å²) in [6.45, 7) is 4.94. The molecule has 3 nitrogen and oxygen atoms in total. The number of thioether (sulfide) groups is 1. The Labute approximate surface area is 163 Å². The second kappa shape index (κ2) is 9.95. The number of ether oxygens (including phenoxy) is 1. The van der Waals surface area contributed by atoms with E-state index in [9.17, 15) is 4.79 Å². The largest absolute Gasteiger partial charge is 0.491 e. The maximum absolute atomic E-state index is 11.9. The smallest absolute Gasteiger partial charge is 0.230 e. The summed E-state index contributed by atoms with van der Waals surface area (Å²) in [6, 6.07) is 11.5. The molecule has 0 aliphatic rings. The van der Waals surface area contributed by atoms with E-state index >= 15 is 0 Å². The lowest BCUT2D eigenvalue weighted by molar-refractivity contribution is -0.118. The molecule has 0 radical (unpaired) electrons. The molecular formula is C19H21Cl2NO2S. The van der Waals surface area contributed by atoms with Crippen LogP contribution in [0.2, 0.25) is 10.0 Å². The molecule has 0 saturated carbocycles. The molecule has 1 N–H and O–H groups in total. The molecule has 0 aliphatic carbocycles. The Balaban J connectivity index is 1.67. The number of halogens is 2. The van der Waals surface area contributed by atoms with Gasteiger partial charge in [-0.05, 0) is 48.7 Å². The molecule has 0 bridgehead atoms. The van der Waals surface area contributed by atoms with E-state index in [1.54, 1.807) is 12.1 Å². The van der Waals surface area contributed by atoms with Gasteiger partial charge < -0.3 is 10.1 Å². The molecule has 0 aromatic heterocycles. The normalized spacial score (nSPS) is 10.6. The summed E-state index contributed by atoms with van der Waals surface area (Å²) in [6.07, 6.45) is 0. The predicted octanol–water partition coefficient (Wildman–Crippen LogP) is 5.04. The first kappa shape index (κ1) is 20.0. The maximum atomic E-state index is 11.9. The van der Waals surface area contributed by atoms with Gasteiger partial charge in [0.25, 0.3) is 0 Å². The molecule has 6 heteroatoms. The average molecular weight is 398 g/mol. The summed E-state index contributed by atoms with van der Waals surface area (Å²) in [5.41, 5.74) is 3.10. The predicted molar refractivity (Wildman–Crippen MR) is 107 cm³/mol. The van der Waals surface area contributed by atoms with Gasteiger partial charge in [0.1, 0.15) is 12.4 Å². The molecule has 1 amide bonds. The van der Waals surface area contributed by atoms with Crippen LogP contribution in [0.15, 0.2) is 36.4 Å². The summed E-state index contributed by atoms with van der Waals surface area (Å²) in [7, 11) is 0. The van der Waals surface area contributed by atoms with Crippen molar-refractivity contribution < 1.29 is 9.53 Å². The standard InChI is InChI=1S/C19H21Cl2NO2S/c1-13-6-7-14(2)18(10-13)24-9-8-22-19(23)12-25-11-15-16(20)4-3-5-17(15)21/h3-7,10H,8-9,11-12H2,1-2H3,(H,22,23). The number of carbonyl (C=O) groups is 1. The second-order valence-corrected chi connectivity index (χ2v) is 7.46. The van der Waals surface area contributed by atoms with Crippen LogP contribution in [0, 0.1) is 13.8 Å². The number of nitrogens with one attached hydrogen (secondary N) is 1. The monoisotopic (exact) mass is 397 g/mol. The third-order valence-electron chi connectivity index (χ3n) is 3.57. The van der Waals surface area contributed by atoms with Crippen molar-refractivity contribution >= 4 is 40.9 Å². The highest BCUT2D eigenvalue weighted by Gasteiger charge is 2.07. The van der Waals surface area contributed by atoms with E-state index in [2.05, 4.69) is 5.32 Å². The molecule has 134 valence electrons. The lowest BCUT2D eigenvalue weighted by Gasteiger charge is -2.11. The van der Waals surface area contributed by atoms with Crippen LogP contribution in [-0.2, 0) is 10.5 Å². The Hall–Kier alpha value is -1.36. The van der Waals surface area contributed by atoms with Gasteiger partial charge in [0.05, 0.1) is 12.3 Å². The molecule has 2 aromatic carbocycles. The number of rotatable bonds is 8. The van der Waals surface area contributed by atoms with Gasteiger partial charge in [-0.1, -0.05) is 41.4 Å². The summed E-state index contributed by atoms with van der Waals surface area (Å²) >= 11 is 13.7. The van der Waals surface area contributed by atoms with Crippen molar-refractivity contribution in [2.24, 2.45) is 0 Å². The van der Waals surface area contributed by atoms with Crippen LogP contribution in [-0.4, -0.2) is 24.8 Å². The fourth-order valence-electron chi connectivity index (χ4n) is 2.18. The molecule has 0 heterocycles. The highest BCUT2D eigenvalue weighted by molar-refractivity contribution is 7.99. The number of amides is 1. The Morgan fingerprint density at radius 2 is 1.88 bits per heavy atom. The highest BCUT2D eigenvalue weighted by atomic mass is 35.5. The molecule has 2 aromatic rings. The van der Waals surface area contributed by atoms with Crippen molar-refractivity contribution in [2.45, 2.75) is 19.6 Å². The number of benzene rings is 2. The molecular weight excluding hydrogens is 377 g/mol. The zero-order chi connectivity index (χ0) is 18.2. The molecule has 25 heavy (non-hydrogen) atoms. The topological polar surface area (TPSA) is 38.3 Å². The van der Waals surface area contributed by atoms with Gasteiger partial charge >= 0.3 is 0 Å². The highest BCUT2D eigenvalue weighted by Crippen LogP contribution is 2.28. The zero-order valence-electron chi connectivity index (χ0n) is 14.3. The van der Waals surface area contributed by atoms with Crippen LogP contribution in [0.4, 0.5) is 0 Å². The van der Waals surface area contributed by atoms with Gasteiger partial charge in [-0.15, -0.1) is 11.8 Å². The van der Waals surface area contributed by atoms with E-state index in [1.807, 2.05) is 38.1 Å². The Morgan fingerprint density at radius 3 is 2.60 bits per heavy atom. The summed E-state index contributed by atoms with van der Waals surface area (Å²) < 4.78 is 5.72. The van der Waals surface area contributed by atoms with Crippen LogP contribution in [0.5, 0.6) is 5.75 Å². The lowest BCUT2D eigenvalue weighted by Crippen LogP contribution is -2.29. The van der Waals surface area contributed by atoms with E-state index in [0.29, 0.717) is 34.7 Å². The van der Waals surface area contributed by atoms with Crippen LogP contribution >= 0.6 is 35.0 Å². The Kier molecular flexibility index (Phi) is 7.94. The number of hydrogen-bond donors (Lipinski definition) is 1. The quantitative estimate of drug-likeness (QED) is 0.634. The van der Waals surface area contributed by atoms with Crippen LogP contribution in [0.1, 0.15) is 16.7 Å². The third kappa shape index (κ3) is 6.46. The van der Waals surface area contributed by atoms with Crippen molar-refractivity contribution in [3.8, 4) is 5.75 Å². The first-order valence-corrected chi connectivity index (χ1v) is 9.86. The van der Waals surface area contributed by atoms with Crippen molar-refractivity contribution in [2.75, 3.05) is 18.9 Å². The SMILES string of the molecule is Cc1ccc(C)c(OCCNC(=O)CSCc2c(Cl)cccc2Cl)c1. The molecule has 2 rings (SSSR count). The van der Waals surface area contributed by atoms with Crippen LogP contribution in [0.25, 0.3) is 0 Å². The van der Waals surface area contributed by atoms with Gasteiger partial charge in [0.15, 0.2) is 0 Å². The number of carbonyl (C=O) groups excluding carboxylic acids is 1. The van der Waals surface area contributed by atoms with E-state index in [1.165, 1.54) is 11.8 Å². The molecule has 0 unspecified atom stereocenters. The van der Waals surface area contributed by atoms with Gasteiger partial charge in [0.2, 0.25) is 5.91 Å². The van der Waals surface area contributed by atoms with Crippen LogP contribution < -0.4 is 10.1 Å². The summed E-state index contributed by atoms with van der Waals surface area (Å²) in [4.78, 5) is 11.9. The minimum absolute atomic E-state index is 0.0299. The molecule has 0 spiro atoms. The zero-order valence-corrected chi connectivity index (χ0v) is 16.6. The average Bonchev–Trinajstić information content (AvgIpc) is 2.57. The van der Waals surface area contributed by atoms with Gasteiger partial charge in [0, 0.05) is 15.8 Å². The fraction of sp³-hybridized carbons (Fsp3) is 0.316. The molecule has 0 fully saturated rings. The van der Waals surface area contributed by atoms with Crippen molar-refractivity contribution in [1.82, 2.24) is 5.32 Å². The van der Waals surface area contributed by atoms with E-state index in [-0.39, 0.29) is 5.91 Å². The Bertz CT molecular complexity index is 717. The Morgan fingerprint density at radius 1 is 1.16 bits per heavy atom. The van der Waals surface area contributed by atoms with Crippen molar-refractivity contribution in [3.05, 3.63) is 63.1 Å². The molecule has 0 atom stereocenters. The third-order valence-corrected chi connectivity index (χ3v) is 5.23. The van der Waals surface area contributed by atoms with Gasteiger partial charge in [-0.2, -0.15) is 0 Å². The molecule has 0 aliphatic heterocycles. The van der Waals surface area contributed by atoms with Crippen LogP contribution in [0.3, 0.4) is 0 Å². The minimum Gasteiger partial charge on any atom is -0.491 e. The number of aryl methyl sites for hydroxylation is 2. The van der Waals surface area contributed by atoms with Crippen molar-refractivity contribution in [3.63, 3.8) is 0 Å². The van der Waals surface area contributed by atoms with E-state index in [4.69, 9.17) is 27.9 Å². The first-order chi connectivity index (χ1) is 12.0. The molecule has 0 saturated heterocycles. The maximum Gasteiger partial charge on any atom is 0.230 e. The van der Waals surface area contributed by atoms with E-state index in [0.717, 1.165) is 22.4 Å².